The fourth-order valence-electron chi connectivity index (χ4n) is 2.32. The molecule has 0 aliphatic carbocycles. The maximum Gasteiger partial charge on any atom is 0.0244 e. The molecule has 1 atom stereocenters. The first-order valence-electron chi connectivity index (χ1n) is 6.30. The van der Waals surface area contributed by atoms with Crippen LogP contribution in [0, 0.1) is 0 Å². The molecule has 90 valence electrons. The largest absolute Gasteiger partial charge is 0.314 e. The Morgan fingerprint density at radius 1 is 1.56 bits per heavy atom. The molecule has 0 aromatic carbocycles. The highest BCUT2D eigenvalue weighted by Crippen LogP contribution is 2.23. The highest BCUT2D eigenvalue weighted by molar-refractivity contribution is 7.10. The van der Waals surface area contributed by atoms with Gasteiger partial charge in [-0.05, 0) is 49.9 Å². The van der Waals surface area contributed by atoms with E-state index in [2.05, 4.69) is 35.5 Å². The minimum Gasteiger partial charge on any atom is -0.314 e. The molecule has 1 unspecified atom stereocenters. The number of thiophene rings is 1. The first-order valence-corrected chi connectivity index (χ1v) is 7.18. The normalized spacial score (nSPS) is 18.4. The molecular formula is C13H22N2S. The molecule has 0 bridgehead atoms. The van der Waals surface area contributed by atoms with E-state index < -0.39 is 0 Å². The van der Waals surface area contributed by atoms with Gasteiger partial charge in [-0.1, -0.05) is 6.92 Å². The third-order valence-electron chi connectivity index (χ3n) is 3.32. The molecule has 16 heavy (non-hydrogen) atoms. The standard InChI is InChI=1S/C13H22N2S/c1-3-14-11(2)4-7-15-8-5-13-12(10-15)6-9-16-13/h6,9,11,14H,3-5,7-8,10H2,1-2H3. The van der Waals surface area contributed by atoms with Crippen molar-refractivity contribution in [3.8, 4) is 0 Å². The van der Waals surface area contributed by atoms with Gasteiger partial charge in [0, 0.05) is 24.0 Å². The van der Waals surface area contributed by atoms with E-state index in [9.17, 15) is 0 Å². The summed E-state index contributed by atoms with van der Waals surface area (Å²) in [6, 6.07) is 2.94. The van der Waals surface area contributed by atoms with Gasteiger partial charge in [0.15, 0.2) is 0 Å². The summed E-state index contributed by atoms with van der Waals surface area (Å²) in [7, 11) is 0. The third-order valence-corrected chi connectivity index (χ3v) is 4.34. The summed E-state index contributed by atoms with van der Waals surface area (Å²) < 4.78 is 0. The van der Waals surface area contributed by atoms with Gasteiger partial charge in [-0.2, -0.15) is 0 Å². The Morgan fingerprint density at radius 2 is 2.44 bits per heavy atom. The zero-order valence-electron chi connectivity index (χ0n) is 10.3. The Balaban J connectivity index is 1.77. The fraction of sp³-hybridized carbons (Fsp3) is 0.692. The van der Waals surface area contributed by atoms with Crippen LogP contribution in [0.3, 0.4) is 0 Å². The molecule has 3 heteroatoms. The Labute approximate surface area is 103 Å². The van der Waals surface area contributed by atoms with Gasteiger partial charge >= 0.3 is 0 Å². The van der Waals surface area contributed by atoms with Gasteiger partial charge < -0.3 is 5.32 Å². The summed E-state index contributed by atoms with van der Waals surface area (Å²) in [5.41, 5.74) is 1.56. The number of rotatable bonds is 5. The van der Waals surface area contributed by atoms with Crippen LogP contribution in [0.4, 0.5) is 0 Å². The molecule has 0 spiro atoms. The Kier molecular flexibility index (Phi) is 4.38. The highest BCUT2D eigenvalue weighted by atomic mass is 32.1. The smallest absolute Gasteiger partial charge is 0.0244 e. The average molecular weight is 238 g/mol. The van der Waals surface area contributed by atoms with E-state index >= 15 is 0 Å². The van der Waals surface area contributed by atoms with E-state index in [1.54, 1.807) is 10.4 Å². The van der Waals surface area contributed by atoms with E-state index in [-0.39, 0.29) is 0 Å². The minimum atomic E-state index is 0.647. The average Bonchev–Trinajstić information content (AvgIpc) is 2.74. The van der Waals surface area contributed by atoms with Crippen LogP contribution in [0.15, 0.2) is 11.4 Å². The van der Waals surface area contributed by atoms with Crippen LogP contribution in [0.1, 0.15) is 30.7 Å². The van der Waals surface area contributed by atoms with Gasteiger partial charge in [0.2, 0.25) is 0 Å². The van der Waals surface area contributed by atoms with Gasteiger partial charge in [-0.25, -0.2) is 0 Å². The van der Waals surface area contributed by atoms with E-state index in [0.29, 0.717) is 6.04 Å². The quantitative estimate of drug-likeness (QED) is 0.848. The maximum atomic E-state index is 3.47. The zero-order valence-corrected chi connectivity index (χ0v) is 11.1. The van der Waals surface area contributed by atoms with Crippen molar-refractivity contribution in [2.75, 3.05) is 19.6 Å². The van der Waals surface area contributed by atoms with Gasteiger partial charge in [0.1, 0.15) is 0 Å². The number of fused-ring (bicyclic) bond motifs is 1. The molecule has 2 nitrogen and oxygen atoms in total. The number of nitrogens with one attached hydrogen (secondary N) is 1. The molecular weight excluding hydrogens is 216 g/mol. The lowest BCUT2D eigenvalue weighted by Gasteiger charge is -2.27. The molecule has 2 rings (SSSR count). The Bertz CT molecular complexity index is 321. The van der Waals surface area contributed by atoms with E-state index in [1.807, 2.05) is 11.3 Å². The van der Waals surface area contributed by atoms with Crippen LogP contribution < -0.4 is 5.32 Å². The Hall–Kier alpha value is -0.380. The highest BCUT2D eigenvalue weighted by Gasteiger charge is 2.16. The molecule has 0 saturated carbocycles. The topological polar surface area (TPSA) is 15.3 Å². The van der Waals surface area contributed by atoms with E-state index in [1.165, 1.54) is 25.9 Å². The van der Waals surface area contributed by atoms with Crippen LogP contribution in [0.25, 0.3) is 0 Å². The van der Waals surface area contributed by atoms with Crippen molar-refractivity contribution in [1.82, 2.24) is 10.2 Å². The number of hydrogen-bond acceptors (Lipinski definition) is 3. The zero-order chi connectivity index (χ0) is 11.4. The molecule has 1 N–H and O–H groups in total. The molecule has 1 aromatic heterocycles. The van der Waals surface area contributed by atoms with Crippen LogP contribution in [0.2, 0.25) is 0 Å². The summed E-state index contributed by atoms with van der Waals surface area (Å²) >= 11 is 1.92. The summed E-state index contributed by atoms with van der Waals surface area (Å²) in [5.74, 6) is 0. The number of nitrogens with zero attached hydrogens (tertiary/aromatic N) is 1. The van der Waals surface area contributed by atoms with Crippen LogP contribution in [0.5, 0.6) is 0 Å². The fourth-order valence-corrected chi connectivity index (χ4v) is 3.21. The first kappa shape index (κ1) is 12.1. The second kappa shape index (κ2) is 5.80. The molecule has 1 aliphatic rings. The second-order valence-corrected chi connectivity index (χ2v) is 5.64. The van der Waals surface area contributed by atoms with E-state index in [4.69, 9.17) is 0 Å². The molecule has 0 radical (unpaired) electrons. The van der Waals surface area contributed by atoms with E-state index in [0.717, 1.165) is 13.1 Å². The van der Waals surface area contributed by atoms with Gasteiger partial charge in [0.25, 0.3) is 0 Å². The van der Waals surface area contributed by atoms with Gasteiger partial charge in [-0.3, -0.25) is 4.90 Å². The molecule has 1 aromatic rings. The lowest BCUT2D eigenvalue weighted by molar-refractivity contribution is 0.243. The first-order chi connectivity index (χ1) is 7.79. The lowest BCUT2D eigenvalue weighted by atomic mass is 10.1. The minimum absolute atomic E-state index is 0.647. The summed E-state index contributed by atoms with van der Waals surface area (Å²) in [6.07, 6.45) is 2.51. The molecule has 0 amide bonds. The summed E-state index contributed by atoms with van der Waals surface area (Å²) in [6.45, 7) is 9.17. The third kappa shape index (κ3) is 3.06. The lowest BCUT2D eigenvalue weighted by Crippen LogP contribution is -2.35. The van der Waals surface area contributed by atoms with Crippen molar-refractivity contribution >= 4 is 11.3 Å². The monoisotopic (exact) mass is 238 g/mol. The van der Waals surface area contributed by atoms with Crippen molar-refractivity contribution in [2.45, 2.75) is 39.3 Å². The molecule has 2 heterocycles. The van der Waals surface area contributed by atoms with Crippen LogP contribution >= 0.6 is 11.3 Å². The van der Waals surface area contributed by atoms with Crippen LogP contribution in [-0.2, 0) is 13.0 Å². The molecule has 0 saturated heterocycles. The maximum absolute atomic E-state index is 3.47. The van der Waals surface area contributed by atoms with Gasteiger partial charge in [0.05, 0.1) is 0 Å². The van der Waals surface area contributed by atoms with Crippen LogP contribution in [-0.4, -0.2) is 30.6 Å². The summed E-state index contributed by atoms with van der Waals surface area (Å²) in [4.78, 5) is 4.19. The molecule has 1 aliphatic heterocycles. The predicted molar refractivity (Wildman–Crippen MR) is 71.1 cm³/mol. The van der Waals surface area contributed by atoms with Gasteiger partial charge in [-0.15, -0.1) is 11.3 Å². The number of hydrogen-bond donors (Lipinski definition) is 1. The SMILES string of the molecule is CCNC(C)CCN1CCc2sccc2C1. The predicted octanol–water partition coefficient (Wildman–Crippen LogP) is 2.49. The van der Waals surface area contributed by atoms with Crippen molar-refractivity contribution in [3.63, 3.8) is 0 Å². The van der Waals surface area contributed by atoms with Crippen molar-refractivity contribution in [3.05, 3.63) is 21.9 Å². The van der Waals surface area contributed by atoms with Crippen molar-refractivity contribution in [1.29, 1.82) is 0 Å². The Morgan fingerprint density at radius 3 is 3.25 bits per heavy atom. The summed E-state index contributed by atoms with van der Waals surface area (Å²) in [5, 5.41) is 5.71. The molecule has 0 fully saturated rings. The van der Waals surface area contributed by atoms with Crippen molar-refractivity contribution < 1.29 is 0 Å². The second-order valence-electron chi connectivity index (χ2n) is 4.64. The van der Waals surface area contributed by atoms with Crippen molar-refractivity contribution in [2.24, 2.45) is 0 Å².